The van der Waals surface area contributed by atoms with Gasteiger partial charge in [-0.1, -0.05) is 49.4 Å². The molecule has 3 heterocycles. The molecular formula is C25H26N2O4S2. The Morgan fingerprint density at radius 2 is 2.03 bits per heavy atom. The van der Waals surface area contributed by atoms with Gasteiger partial charge in [0.15, 0.2) is 4.80 Å². The smallest absolute Gasteiger partial charge is 0.338 e. The third-order valence-electron chi connectivity index (χ3n) is 5.11. The van der Waals surface area contributed by atoms with Crippen molar-refractivity contribution in [2.75, 3.05) is 13.2 Å². The molecule has 1 atom stereocenters. The highest BCUT2D eigenvalue weighted by Gasteiger charge is 2.34. The molecule has 0 amide bonds. The summed E-state index contributed by atoms with van der Waals surface area (Å²) in [7, 11) is 0. The van der Waals surface area contributed by atoms with Gasteiger partial charge in [0.05, 0.1) is 29.0 Å². The maximum absolute atomic E-state index is 13.6. The summed E-state index contributed by atoms with van der Waals surface area (Å²) < 4.78 is 13.4. The fourth-order valence-electron chi connectivity index (χ4n) is 3.65. The first kappa shape index (κ1) is 23.2. The molecule has 0 N–H and O–H groups in total. The highest BCUT2D eigenvalue weighted by atomic mass is 32.1. The monoisotopic (exact) mass is 482 g/mol. The van der Waals surface area contributed by atoms with E-state index in [0.29, 0.717) is 33.8 Å². The largest absolute Gasteiger partial charge is 0.493 e. The van der Waals surface area contributed by atoms with E-state index < -0.39 is 12.0 Å². The van der Waals surface area contributed by atoms with Crippen LogP contribution in [0.2, 0.25) is 0 Å². The summed E-state index contributed by atoms with van der Waals surface area (Å²) in [4.78, 5) is 32.8. The Morgan fingerprint density at radius 1 is 1.24 bits per heavy atom. The number of hydrogen-bond acceptors (Lipinski definition) is 7. The summed E-state index contributed by atoms with van der Waals surface area (Å²) >= 11 is 2.81. The van der Waals surface area contributed by atoms with Crippen LogP contribution in [0.15, 0.2) is 62.8 Å². The Balaban J connectivity index is 1.87. The lowest BCUT2D eigenvalue weighted by Crippen LogP contribution is -2.39. The van der Waals surface area contributed by atoms with Crippen LogP contribution in [-0.4, -0.2) is 23.8 Å². The van der Waals surface area contributed by atoms with E-state index >= 15 is 0 Å². The van der Waals surface area contributed by atoms with E-state index in [1.54, 1.807) is 11.5 Å². The molecule has 0 saturated carbocycles. The Morgan fingerprint density at radius 3 is 2.73 bits per heavy atom. The van der Waals surface area contributed by atoms with Crippen molar-refractivity contribution in [3.8, 4) is 5.75 Å². The fraction of sp³-hybridized carbons (Fsp3) is 0.320. The van der Waals surface area contributed by atoms with Gasteiger partial charge >= 0.3 is 5.97 Å². The lowest BCUT2D eigenvalue weighted by Gasteiger charge is -2.23. The van der Waals surface area contributed by atoms with Crippen LogP contribution in [0.5, 0.6) is 5.75 Å². The number of nitrogens with zero attached hydrogens (tertiary/aromatic N) is 2. The zero-order valence-electron chi connectivity index (χ0n) is 19.0. The number of para-hydroxylation sites is 1. The van der Waals surface area contributed by atoms with Gasteiger partial charge < -0.3 is 9.47 Å². The molecule has 4 rings (SSSR count). The van der Waals surface area contributed by atoms with Crippen LogP contribution in [0, 0.1) is 5.92 Å². The predicted molar refractivity (Wildman–Crippen MR) is 131 cm³/mol. The summed E-state index contributed by atoms with van der Waals surface area (Å²) in [5.74, 6) is 0.496. The standard InChI is InChI=1S/C25H26N2O4S2/c1-5-30-18-10-7-6-9-17(18)13-20-23(28)27-22(19-11-8-12-32-19)21(16(4)26-25(27)33-20)24(29)31-14-15(2)3/h6-13,15,22H,5,14H2,1-4H3. The van der Waals surface area contributed by atoms with E-state index in [9.17, 15) is 9.59 Å². The lowest BCUT2D eigenvalue weighted by atomic mass is 10.0. The number of fused-ring (bicyclic) bond motifs is 1. The molecule has 33 heavy (non-hydrogen) atoms. The number of aromatic nitrogens is 1. The Kier molecular flexibility index (Phi) is 6.95. The molecule has 8 heteroatoms. The van der Waals surface area contributed by atoms with Crippen molar-refractivity contribution < 1.29 is 14.3 Å². The van der Waals surface area contributed by atoms with Gasteiger partial charge in [0.1, 0.15) is 11.8 Å². The van der Waals surface area contributed by atoms with Crippen molar-refractivity contribution in [2.24, 2.45) is 10.9 Å². The number of thiazole rings is 1. The highest BCUT2D eigenvalue weighted by molar-refractivity contribution is 7.10. The zero-order chi connectivity index (χ0) is 23.5. The minimum absolute atomic E-state index is 0.190. The SMILES string of the molecule is CCOc1ccccc1C=c1sc2n(c1=O)C(c1cccs1)C(C(=O)OCC(C)C)=C(C)N=2. The normalized spacial score (nSPS) is 16.0. The van der Waals surface area contributed by atoms with Crippen molar-refractivity contribution in [3.05, 3.63) is 83.2 Å². The molecule has 0 radical (unpaired) electrons. The van der Waals surface area contributed by atoms with Crippen LogP contribution in [0.4, 0.5) is 0 Å². The van der Waals surface area contributed by atoms with Gasteiger partial charge in [-0.15, -0.1) is 11.3 Å². The van der Waals surface area contributed by atoms with Gasteiger partial charge in [-0.05, 0) is 43.4 Å². The first-order valence-electron chi connectivity index (χ1n) is 10.9. The van der Waals surface area contributed by atoms with Crippen LogP contribution >= 0.6 is 22.7 Å². The van der Waals surface area contributed by atoms with Crippen molar-refractivity contribution in [3.63, 3.8) is 0 Å². The van der Waals surface area contributed by atoms with Gasteiger partial charge in [-0.3, -0.25) is 9.36 Å². The maximum Gasteiger partial charge on any atom is 0.338 e. The average Bonchev–Trinajstić information content (AvgIpc) is 3.41. The molecule has 1 aliphatic rings. The third-order valence-corrected chi connectivity index (χ3v) is 7.02. The summed E-state index contributed by atoms with van der Waals surface area (Å²) in [6.07, 6.45) is 1.83. The van der Waals surface area contributed by atoms with E-state index in [-0.39, 0.29) is 11.5 Å². The van der Waals surface area contributed by atoms with Crippen LogP contribution in [0.3, 0.4) is 0 Å². The fourth-order valence-corrected chi connectivity index (χ4v) is 5.51. The predicted octanol–water partition coefficient (Wildman–Crippen LogP) is 3.89. The quantitative estimate of drug-likeness (QED) is 0.479. The van der Waals surface area contributed by atoms with Gasteiger partial charge in [-0.2, -0.15) is 0 Å². The van der Waals surface area contributed by atoms with Crippen LogP contribution in [0.25, 0.3) is 6.08 Å². The van der Waals surface area contributed by atoms with Gasteiger partial charge in [0.2, 0.25) is 0 Å². The van der Waals surface area contributed by atoms with E-state index in [0.717, 1.165) is 16.2 Å². The van der Waals surface area contributed by atoms with E-state index in [1.807, 2.05) is 68.6 Å². The number of hydrogen-bond donors (Lipinski definition) is 0. The molecular weight excluding hydrogens is 456 g/mol. The summed E-state index contributed by atoms with van der Waals surface area (Å²) in [6.45, 7) is 8.54. The van der Waals surface area contributed by atoms with Gasteiger partial charge in [0, 0.05) is 10.4 Å². The molecule has 172 valence electrons. The van der Waals surface area contributed by atoms with Crippen molar-refractivity contribution in [2.45, 2.75) is 33.7 Å². The molecule has 1 aliphatic heterocycles. The topological polar surface area (TPSA) is 69.9 Å². The first-order chi connectivity index (χ1) is 15.9. The van der Waals surface area contributed by atoms with E-state index in [4.69, 9.17) is 9.47 Å². The number of ether oxygens (including phenoxy) is 2. The molecule has 1 unspecified atom stereocenters. The number of carbonyl (C=O) groups excluding carboxylic acids is 1. The van der Waals surface area contributed by atoms with Gasteiger partial charge in [0.25, 0.3) is 5.56 Å². The summed E-state index contributed by atoms with van der Waals surface area (Å²) in [5.41, 5.74) is 1.62. The Bertz CT molecular complexity index is 1360. The second kappa shape index (κ2) is 9.89. The molecule has 0 aliphatic carbocycles. The third kappa shape index (κ3) is 4.72. The van der Waals surface area contributed by atoms with Crippen molar-refractivity contribution >= 4 is 34.7 Å². The van der Waals surface area contributed by atoms with Crippen LogP contribution in [-0.2, 0) is 9.53 Å². The van der Waals surface area contributed by atoms with Crippen molar-refractivity contribution in [1.29, 1.82) is 0 Å². The number of rotatable bonds is 7. The number of benzene rings is 1. The molecule has 1 aromatic carbocycles. The molecule has 0 fully saturated rings. The molecule has 0 bridgehead atoms. The number of allylic oxidation sites excluding steroid dienone is 1. The Labute approximate surface area is 200 Å². The van der Waals surface area contributed by atoms with Crippen molar-refractivity contribution in [1.82, 2.24) is 4.57 Å². The second-order valence-corrected chi connectivity index (χ2v) is 10.0. The first-order valence-corrected chi connectivity index (χ1v) is 12.5. The van der Waals surface area contributed by atoms with E-state index in [2.05, 4.69) is 4.99 Å². The average molecular weight is 483 g/mol. The number of thiophene rings is 1. The number of esters is 1. The highest BCUT2D eigenvalue weighted by Crippen LogP contribution is 2.33. The van der Waals surface area contributed by atoms with Crippen LogP contribution in [0.1, 0.15) is 44.2 Å². The zero-order valence-corrected chi connectivity index (χ0v) is 20.7. The van der Waals surface area contributed by atoms with Gasteiger partial charge in [-0.25, -0.2) is 9.79 Å². The molecule has 3 aromatic rings. The Hall–Kier alpha value is -2.97. The lowest BCUT2D eigenvalue weighted by molar-refractivity contribution is -0.140. The minimum atomic E-state index is -0.565. The van der Waals surface area contributed by atoms with Crippen LogP contribution < -0.4 is 19.6 Å². The molecule has 0 saturated heterocycles. The second-order valence-electron chi connectivity index (χ2n) is 8.06. The summed E-state index contributed by atoms with van der Waals surface area (Å²) in [6, 6.07) is 10.9. The van der Waals surface area contributed by atoms with E-state index in [1.165, 1.54) is 22.7 Å². The molecule has 6 nitrogen and oxygen atoms in total. The molecule has 0 spiro atoms. The maximum atomic E-state index is 13.6. The molecule has 2 aromatic heterocycles. The number of carbonyl (C=O) groups is 1. The minimum Gasteiger partial charge on any atom is -0.493 e. The summed E-state index contributed by atoms with van der Waals surface area (Å²) in [5, 5.41) is 1.94.